The summed E-state index contributed by atoms with van der Waals surface area (Å²) in [6, 6.07) is -1.61. The van der Waals surface area contributed by atoms with Crippen molar-refractivity contribution < 1.29 is 66.5 Å². The Bertz CT molecular complexity index is 931. The number of amides is 2. The summed E-state index contributed by atoms with van der Waals surface area (Å²) in [5.74, 6) is -3.21. The van der Waals surface area contributed by atoms with Gasteiger partial charge in [0.05, 0.1) is 0 Å². The zero-order valence-electron chi connectivity index (χ0n) is 15.8. The first-order valence-corrected chi connectivity index (χ1v) is 9.88. The van der Waals surface area contributed by atoms with Gasteiger partial charge in [0.15, 0.2) is 27.2 Å². The van der Waals surface area contributed by atoms with Gasteiger partial charge in [0.2, 0.25) is 6.23 Å². The molecular weight excluding hydrogens is 441 g/mol. The van der Waals surface area contributed by atoms with E-state index >= 15 is 0 Å². The van der Waals surface area contributed by atoms with E-state index in [1.54, 1.807) is 13.8 Å². The van der Waals surface area contributed by atoms with Gasteiger partial charge >= 0.3 is 35.5 Å². The van der Waals surface area contributed by atoms with Crippen LogP contribution >= 0.6 is 11.3 Å². The van der Waals surface area contributed by atoms with Crippen LogP contribution < -0.4 is 40.6 Å². The van der Waals surface area contributed by atoms with Gasteiger partial charge in [-0.15, -0.1) is 11.3 Å². The Hall–Kier alpha value is -1.78. The number of anilines is 1. The summed E-state index contributed by atoms with van der Waals surface area (Å²) in [5, 5.41) is 7.39. The zero-order valence-corrected chi connectivity index (χ0v) is 19.4. The molecular formula is C13H16N5NaO8S2. The molecule has 0 radical (unpaired) electrons. The monoisotopic (exact) mass is 457 g/mol. The summed E-state index contributed by atoms with van der Waals surface area (Å²) in [6.45, 7) is 4.24. The number of esters is 1. The van der Waals surface area contributed by atoms with Gasteiger partial charge in [-0.3, -0.25) is 14.4 Å². The van der Waals surface area contributed by atoms with E-state index in [9.17, 15) is 27.4 Å². The third-order valence-corrected chi connectivity index (χ3v) is 4.69. The molecule has 1 aromatic heterocycles. The van der Waals surface area contributed by atoms with Gasteiger partial charge in [0.25, 0.3) is 11.8 Å². The number of ether oxygens (including phenoxy) is 1. The number of aromatic nitrogens is 1. The molecule has 0 unspecified atom stereocenters. The molecule has 13 nitrogen and oxygen atoms in total. The zero-order chi connectivity index (χ0) is 21.2. The summed E-state index contributed by atoms with van der Waals surface area (Å²) >= 11 is 1.02. The summed E-state index contributed by atoms with van der Waals surface area (Å²) in [6.07, 6.45) is -2.21. The van der Waals surface area contributed by atoms with Gasteiger partial charge in [-0.25, -0.2) is 17.7 Å². The van der Waals surface area contributed by atoms with Gasteiger partial charge in [-0.05, 0) is 13.8 Å². The number of hydrogen-bond acceptors (Lipinski definition) is 12. The molecule has 0 aliphatic carbocycles. The number of carbonyl (C=O) groups excluding carboxylic acids is 3. The average molecular weight is 457 g/mol. The second kappa shape index (κ2) is 9.82. The van der Waals surface area contributed by atoms with Crippen LogP contribution in [0.25, 0.3) is 0 Å². The Labute approximate surface area is 191 Å². The van der Waals surface area contributed by atoms with Crippen molar-refractivity contribution in [1.29, 1.82) is 0 Å². The van der Waals surface area contributed by atoms with Crippen LogP contribution in [-0.4, -0.2) is 64.1 Å². The van der Waals surface area contributed by atoms with E-state index in [0.29, 0.717) is 0 Å². The fourth-order valence-electron chi connectivity index (χ4n) is 2.06. The third kappa shape index (κ3) is 6.10. The number of oxime groups is 1. The van der Waals surface area contributed by atoms with Crippen LogP contribution in [0.15, 0.2) is 10.5 Å². The molecule has 2 atom stereocenters. The number of nitrogens with one attached hydrogen (secondary N) is 1. The van der Waals surface area contributed by atoms with Crippen molar-refractivity contribution in [3.8, 4) is 0 Å². The van der Waals surface area contributed by atoms with Crippen LogP contribution in [0.2, 0.25) is 0 Å². The first-order valence-electron chi connectivity index (χ1n) is 7.64. The molecule has 2 amide bonds. The molecule has 1 aromatic rings. The van der Waals surface area contributed by atoms with Gasteiger partial charge in [0.1, 0.15) is 11.8 Å². The Morgan fingerprint density at radius 2 is 2.07 bits per heavy atom. The Morgan fingerprint density at radius 1 is 1.45 bits per heavy atom. The first kappa shape index (κ1) is 25.3. The quantitative estimate of drug-likeness (QED) is 0.101. The predicted octanol–water partition coefficient (Wildman–Crippen LogP) is -4.47. The molecule has 1 fully saturated rings. The number of nitrogen functional groups attached to an aromatic ring is 1. The number of rotatable bonds is 7. The van der Waals surface area contributed by atoms with Crippen molar-refractivity contribution in [2.45, 2.75) is 39.1 Å². The maximum atomic E-state index is 12.6. The molecule has 1 saturated heterocycles. The van der Waals surface area contributed by atoms with E-state index in [2.05, 4.69) is 20.2 Å². The molecule has 16 heteroatoms. The number of carbonyl (C=O) groups is 3. The van der Waals surface area contributed by atoms with Crippen LogP contribution in [0.3, 0.4) is 0 Å². The SMILES string of the molecule is CC(=O)O[C@H]1[C@H](NC(=O)C(=NOC(C)C)c2csc(N)n2)C(=O)N1S(=O)(=O)[O-].[Na+]. The second-order valence-corrected chi connectivity index (χ2v) is 7.85. The van der Waals surface area contributed by atoms with E-state index in [4.69, 9.17) is 10.6 Å². The summed E-state index contributed by atoms with van der Waals surface area (Å²) in [4.78, 5) is 44.7. The van der Waals surface area contributed by atoms with Crippen LogP contribution in [-0.2, 0) is 34.3 Å². The molecule has 2 heterocycles. The molecule has 0 aromatic carbocycles. The number of nitrogens with two attached hydrogens (primary N) is 1. The number of thiazole rings is 1. The van der Waals surface area contributed by atoms with Gasteiger partial charge in [0, 0.05) is 12.3 Å². The molecule has 0 saturated carbocycles. The fraction of sp³-hybridized carbons (Fsp3) is 0.462. The summed E-state index contributed by atoms with van der Waals surface area (Å²) < 4.78 is 38.0. The topological polar surface area (TPSA) is 193 Å². The van der Waals surface area contributed by atoms with Crippen LogP contribution in [0.1, 0.15) is 26.5 Å². The fourth-order valence-corrected chi connectivity index (χ4v) is 3.36. The predicted molar refractivity (Wildman–Crippen MR) is 93.3 cm³/mol. The average Bonchev–Trinajstić information content (AvgIpc) is 2.96. The van der Waals surface area contributed by atoms with Crippen molar-refractivity contribution in [2.24, 2.45) is 5.16 Å². The summed E-state index contributed by atoms with van der Waals surface area (Å²) in [7, 11) is -5.25. The van der Waals surface area contributed by atoms with Crippen LogP contribution in [0.4, 0.5) is 5.13 Å². The number of β-lactam (4-membered cyclic amide) rings is 1. The van der Waals surface area contributed by atoms with Crippen LogP contribution in [0.5, 0.6) is 0 Å². The van der Waals surface area contributed by atoms with E-state index in [0.717, 1.165) is 18.3 Å². The standard InChI is InChI=1S/C13H17N5O8S2.Na/c1-5(2)26-17-8(7-4-27-13(14)15-7)10(20)16-9-11(21)18(28(22,23)24)12(9)25-6(3)19;/h4-5,9,12H,1-3H3,(H2,14,15)(H,16,20)(H,22,23,24);/q;+1/p-1/t9-,12+;/m1./s1. The smallest absolute Gasteiger partial charge is 0.731 e. The van der Waals surface area contributed by atoms with E-state index in [1.807, 2.05) is 0 Å². The summed E-state index contributed by atoms with van der Waals surface area (Å²) in [5.41, 5.74) is 5.23. The normalized spacial score (nSPS) is 19.3. The minimum Gasteiger partial charge on any atom is -0.731 e. The number of hydrogen-bond donors (Lipinski definition) is 2. The number of nitrogens with zero attached hydrogens (tertiary/aromatic N) is 3. The Kier molecular flexibility index (Phi) is 8.55. The van der Waals surface area contributed by atoms with E-state index < -0.39 is 40.4 Å². The third-order valence-electron chi connectivity index (χ3n) is 3.15. The molecule has 29 heavy (non-hydrogen) atoms. The van der Waals surface area contributed by atoms with E-state index in [-0.39, 0.29) is 56.5 Å². The maximum Gasteiger partial charge on any atom is 1.00 e. The molecule has 154 valence electrons. The largest absolute Gasteiger partial charge is 1.00 e. The molecule has 1 aliphatic rings. The van der Waals surface area contributed by atoms with Gasteiger partial charge in [-0.2, -0.15) is 0 Å². The van der Waals surface area contributed by atoms with E-state index in [1.165, 1.54) is 5.38 Å². The van der Waals surface area contributed by atoms with Gasteiger partial charge in [-0.1, -0.05) is 5.16 Å². The van der Waals surface area contributed by atoms with Crippen molar-refractivity contribution in [3.63, 3.8) is 0 Å². The maximum absolute atomic E-state index is 12.6. The van der Waals surface area contributed by atoms with Crippen molar-refractivity contribution in [2.75, 3.05) is 5.73 Å². The Morgan fingerprint density at radius 3 is 2.52 bits per heavy atom. The molecule has 0 bridgehead atoms. The molecule has 2 rings (SSSR count). The molecule has 3 N–H and O–H groups in total. The van der Waals surface area contributed by atoms with Crippen molar-refractivity contribution >= 4 is 50.3 Å². The van der Waals surface area contributed by atoms with Crippen LogP contribution in [0, 0.1) is 0 Å². The minimum atomic E-state index is -5.25. The van der Waals surface area contributed by atoms with Crippen molar-refractivity contribution in [3.05, 3.63) is 11.1 Å². The van der Waals surface area contributed by atoms with Crippen molar-refractivity contribution in [1.82, 2.24) is 14.6 Å². The molecule has 0 spiro atoms. The molecule has 1 aliphatic heterocycles. The Balaban J connectivity index is 0.00000420. The first-order chi connectivity index (χ1) is 12.9. The van der Waals surface area contributed by atoms with Gasteiger partial charge < -0.3 is 25.2 Å². The second-order valence-electron chi connectivity index (χ2n) is 5.71. The minimum absolute atomic E-state index is 0.